The first-order chi connectivity index (χ1) is 13.9. The summed E-state index contributed by atoms with van der Waals surface area (Å²) in [5.41, 5.74) is 1.84. The third-order valence-electron chi connectivity index (χ3n) is 5.54. The van der Waals surface area contributed by atoms with Crippen molar-refractivity contribution in [3.8, 4) is 0 Å². The number of carbonyl (C=O) groups excluding carboxylic acids is 1. The molecule has 1 aromatic rings. The quantitative estimate of drug-likeness (QED) is 0.251. The van der Waals surface area contributed by atoms with Crippen LogP contribution >= 0.6 is 24.0 Å². The number of halogens is 1. The zero-order valence-corrected chi connectivity index (χ0v) is 20.9. The minimum absolute atomic E-state index is 0. The largest absolute Gasteiger partial charge is 0.469 e. The number of nitrogens with one attached hydrogen (secondary N) is 1. The highest BCUT2D eigenvalue weighted by molar-refractivity contribution is 14.0. The third kappa shape index (κ3) is 5.37. The SMILES string of the molecule is CCNC(=NCCS(=O)(=O)N1CCc2ccccc21)N1CC(C)C(C(=O)OC)C1.I. The average Bonchev–Trinajstić information content (AvgIpc) is 3.30. The maximum Gasteiger partial charge on any atom is 0.310 e. The number of methoxy groups -OCH3 is 1. The van der Waals surface area contributed by atoms with Crippen LogP contribution in [0.25, 0.3) is 0 Å². The van der Waals surface area contributed by atoms with E-state index in [2.05, 4.69) is 10.3 Å². The zero-order chi connectivity index (χ0) is 21.0. The van der Waals surface area contributed by atoms with Crippen LogP contribution < -0.4 is 9.62 Å². The molecule has 1 aromatic carbocycles. The Morgan fingerprint density at radius 3 is 2.73 bits per heavy atom. The zero-order valence-electron chi connectivity index (χ0n) is 17.7. The van der Waals surface area contributed by atoms with Gasteiger partial charge in [-0.05, 0) is 30.9 Å². The van der Waals surface area contributed by atoms with Crippen LogP contribution in [0.1, 0.15) is 19.4 Å². The Bertz CT molecular complexity index is 877. The van der Waals surface area contributed by atoms with Crippen LogP contribution in [0.3, 0.4) is 0 Å². The van der Waals surface area contributed by atoms with Crippen molar-refractivity contribution in [3.05, 3.63) is 29.8 Å². The highest BCUT2D eigenvalue weighted by Crippen LogP contribution is 2.30. The van der Waals surface area contributed by atoms with E-state index in [-0.39, 0.29) is 54.1 Å². The van der Waals surface area contributed by atoms with Crippen molar-refractivity contribution >= 4 is 51.6 Å². The number of fused-ring (bicyclic) bond motifs is 1. The van der Waals surface area contributed by atoms with Crippen molar-refractivity contribution in [1.82, 2.24) is 10.2 Å². The summed E-state index contributed by atoms with van der Waals surface area (Å²) in [6.45, 7) is 6.49. The summed E-state index contributed by atoms with van der Waals surface area (Å²) in [6.07, 6.45) is 0.738. The number of aliphatic imine (C=N–C) groups is 1. The van der Waals surface area contributed by atoms with E-state index in [0.717, 1.165) is 17.7 Å². The number of rotatable bonds is 6. The Kier molecular flexibility index (Phi) is 8.77. The van der Waals surface area contributed by atoms with E-state index in [1.807, 2.05) is 43.0 Å². The Morgan fingerprint density at radius 2 is 2.03 bits per heavy atom. The lowest BCUT2D eigenvalue weighted by Gasteiger charge is -2.22. The van der Waals surface area contributed by atoms with E-state index in [1.54, 1.807) is 0 Å². The molecule has 10 heteroatoms. The third-order valence-corrected chi connectivity index (χ3v) is 7.29. The van der Waals surface area contributed by atoms with E-state index in [9.17, 15) is 13.2 Å². The van der Waals surface area contributed by atoms with Crippen LogP contribution in [0.5, 0.6) is 0 Å². The fraction of sp³-hybridized carbons (Fsp3) is 0.600. The molecule has 2 aliphatic heterocycles. The van der Waals surface area contributed by atoms with Gasteiger partial charge in [-0.15, -0.1) is 24.0 Å². The molecule has 2 aliphatic rings. The first kappa shape index (κ1) is 24.7. The van der Waals surface area contributed by atoms with Gasteiger partial charge in [0, 0.05) is 26.2 Å². The van der Waals surface area contributed by atoms with Gasteiger partial charge < -0.3 is 15.0 Å². The standard InChI is InChI=1S/C20H30N4O4S.HI/c1-4-21-20(23-13-15(2)17(14-23)19(25)28-3)22-10-12-29(26,27)24-11-9-16-7-5-6-8-18(16)24;/h5-8,15,17H,4,9-14H2,1-3H3,(H,21,22);1H. The summed E-state index contributed by atoms with van der Waals surface area (Å²) in [5.74, 6) is 0.318. The van der Waals surface area contributed by atoms with Crippen LogP contribution in [-0.2, 0) is 26.0 Å². The van der Waals surface area contributed by atoms with Crippen LogP contribution in [-0.4, -0.2) is 70.8 Å². The second-order valence-electron chi connectivity index (χ2n) is 7.51. The fourth-order valence-electron chi connectivity index (χ4n) is 4.00. The number of para-hydroxylation sites is 1. The Hall–Kier alpha value is -1.56. The molecule has 168 valence electrons. The minimum Gasteiger partial charge on any atom is -0.469 e. The van der Waals surface area contributed by atoms with Crippen molar-refractivity contribution in [2.75, 3.05) is 49.9 Å². The minimum atomic E-state index is -3.44. The number of benzene rings is 1. The summed E-state index contributed by atoms with van der Waals surface area (Å²) in [4.78, 5) is 18.5. The van der Waals surface area contributed by atoms with Gasteiger partial charge in [-0.25, -0.2) is 8.42 Å². The molecule has 0 radical (unpaired) electrons. The number of hydrogen-bond acceptors (Lipinski definition) is 5. The van der Waals surface area contributed by atoms with Crippen molar-refractivity contribution < 1.29 is 17.9 Å². The predicted octanol–water partition coefficient (Wildman–Crippen LogP) is 1.70. The summed E-state index contributed by atoms with van der Waals surface area (Å²) >= 11 is 0. The first-order valence-electron chi connectivity index (χ1n) is 10.1. The van der Waals surface area contributed by atoms with E-state index < -0.39 is 10.0 Å². The summed E-state index contributed by atoms with van der Waals surface area (Å²) < 4.78 is 32.1. The van der Waals surface area contributed by atoms with E-state index in [1.165, 1.54) is 11.4 Å². The second-order valence-corrected chi connectivity index (χ2v) is 9.53. The molecule has 0 aliphatic carbocycles. The second kappa shape index (κ2) is 10.7. The van der Waals surface area contributed by atoms with E-state index in [4.69, 9.17) is 4.74 Å². The molecular formula is C20H31IN4O4S. The first-order valence-corrected chi connectivity index (χ1v) is 11.7. The summed E-state index contributed by atoms with van der Waals surface area (Å²) in [6, 6.07) is 7.62. The van der Waals surface area contributed by atoms with Gasteiger partial charge in [0.05, 0.1) is 31.0 Å². The monoisotopic (exact) mass is 550 g/mol. The number of ether oxygens (including phenoxy) is 1. The Balaban J connectivity index is 0.00000320. The van der Waals surface area contributed by atoms with Gasteiger partial charge in [0.25, 0.3) is 0 Å². The number of carbonyl (C=O) groups is 1. The number of nitrogens with zero attached hydrogens (tertiary/aromatic N) is 3. The van der Waals surface area contributed by atoms with Gasteiger partial charge in [-0.1, -0.05) is 25.1 Å². The smallest absolute Gasteiger partial charge is 0.310 e. The average molecular weight is 550 g/mol. The number of hydrogen-bond donors (Lipinski definition) is 1. The Labute approximate surface area is 196 Å². The van der Waals surface area contributed by atoms with Crippen LogP contribution in [0.4, 0.5) is 5.69 Å². The maximum atomic E-state index is 12.8. The molecule has 0 bridgehead atoms. The van der Waals surface area contributed by atoms with Crippen LogP contribution in [0.15, 0.2) is 29.3 Å². The van der Waals surface area contributed by atoms with Crippen molar-refractivity contribution in [1.29, 1.82) is 0 Å². The molecule has 2 atom stereocenters. The molecule has 1 N–H and O–H groups in total. The normalized spacial score (nSPS) is 21.2. The van der Waals surface area contributed by atoms with Crippen molar-refractivity contribution in [2.24, 2.45) is 16.8 Å². The summed E-state index contributed by atoms with van der Waals surface area (Å²) in [5, 5.41) is 3.21. The van der Waals surface area contributed by atoms with Gasteiger partial charge >= 0.3 is 5.97 Å². The molecule has 0 amide bonds. The number of anilines is 1. The molecule has 0 aromatic heterocycles. The Morgan fingerprint density at radius 1 is 1.30 bits per heavy atom. The number of esters is 1. The maximum absolute atomic E-state index is 12.8. The molecule has 0 spiro atoms. The molecule has 30 heavy (non-hydrogen) atoms. The molecule has 1 saturated heterocycles. The van der Waals surface area contributed by atoms with Crippen molar-refractivity contribution in [2.45, 2.75) is 20.3 Å². The molecular weight excluding hydrogens is 519 g/mol. The number of guanidine groups is 1. The highest BCUT2D eigenvalue weighted by atomic mass is 127. The molecule has 1 fully saturated rings. The van der Waals surface area contributed by atoms with Gasteiger partial charge in [0.2, 0.25) is 10.0 Å². The lowest BCUT2D eigenvalue weighted by molar-refractivity contribution is -0.145. The van der Waals surface area contributed by atoms with E-state index in [0.29, 0.717) is 32.1 Å². The summed E-state index contributed by atoms with van der Waals surface area (Å²) in [7, 11) is -2.04. The fourth-order valence-corrected chi connectivity index (χ4v) is 5.39. The number of likely N-dealkylation sites (tertiary alicyclic amines) is 1. The molecule has 2 heterocycles. The molecule has 8 nitrogen and oxygen atoms in total. The van der Waals surface area contributed by atoms with Gasteiger partial charge in [-0.3, -0.25) is 14.1 Å². The topological polar surface area (TPSA) is 91.3 Å². The predicted molar refractivity (Wildman–Crippen MR) is 129 cm³/mol. The lowest BCUT2D eigenvalue weighted by atomic mass is 9.99. The molecule has 2 unspecified atom stereocenters. The highest BCUT2D eigenvalue weighted by Gasteiger charge is 2.37. The van der Waals surface area contributed by atoms with Gasteiger partial charge in [0.15, 0.2) is 5.96 Å². The molecule has 0 saturated carbocycles. The molecule has 3 rings (SSSR count). The van der Waals surface area contributed by atoms with Crippen LogP contribution in [0.2, 0.25) is 0 Å². The van der Waals surface area contributed by atoms with Crippen molar-refractivity contribution in [3.63, 3.8) is 0 Å². The number of sulfonamides is 1. The lowest BCUT2D eigenvalue weighted by Crippen LogP contribution is -2.41. The van der Waals surface area contributed by atoms with Crippen LogP contribution in [0, 0.1) is 11.8 Å². The van der Waals surface area contributed by atoms with Gasteiger partial charge in [-0.2, -0.15) is 0 Å². The van der Waals surface area contributed by atoms with E-state index >= 15 is 0 Å². The van der Waals surface area contributed by atoms with Gasteiger partial charge in [0.1, 0.15) is 0 Å².